The Balaban J connectivity index is 0.00000133. The molecule has 0 amide bonds. The van der Waals surface area contributed by atoms with Crippen molar-refractivity contribution in [3.05, 3.63) is 18.2 Å². The summed E-state index contributed by atoms with van der Waals surface area (Å²) in [6, 6.07) is 0.806. The fraction of sp³-hybridized carbons (Fsp3) is 0.786. The number of nitrogens with one attached hydrogen (secondary N) is 1. The minimum atomic E-state index is 0. The second kappa shape index (κ2) is 6.73. The van der Waals surface area contributed by atoms with Crippen LogP contribution in [0.2, 0.25) is 0 Å². The van der Waals surface area contributed by atoms with E-state index >= 15 is 0 Å². The zero-order valence-corrected chi connectivity index (χ0v) is 12.5. The summed E-state index contributed by atoms with van der Waals surface area (Å²) < 4.78 is 2.13. The quantitative estimate of drug-likeness (QED) is 0.919. The molecular weight excluding hydrogens is 260 g/mol. The van der Waals surface area contributed by atoms with E-state index in [2.05, 4.69) is 26.8 Å². The van der Waals surface area contributed by atoms with Crippen molar-refractivity contribution in [2.45, 2.75) is 38.3 Å². The number of rotatable bonds is 3. The van der Waals surface area contributed by atoms with Gasteiger partial charge in [-0.25, -0.2) is 4.98 Å². The van der Waals surface area contributed by atoms with Crippen LogP contribution in [0.25, 0.3) is 0 Å². The van der Waals surface area contributed by atoms with E-state index in [9.17, 15) is 0 Å². The molecule has 3 rings (SSSR count). The SMILES string of the molecule is Cl.Cn1ccnc1CN1CCC(C2CCCN2)CC1. The Bertz CT molecular complexity index is 379. The molecule has 0 aromatic carbocycles. The lowest BCUT2D eigenvalue weighted by Crippen LogP contribution is -2.40. The fourth-order valence-electron chi connectivity index (χ4n) is 3.38. The monoisotopic (exact) mass is 284 g/mol. The largest absolute Gasteiger partial charge is 0.337 e. The second-order valence-corrected chi connectivity index (χ2v) is 5.77. The minimum absolute atomic E-state index is 0. The summed E-state index contributed by atoms with van der Waals surface area (Å²) in [5.41, 5.74) is 0. The van der Waals surface area contributed by atoms with E-state index < -0.39 is 0 Å². The van der Waals surface area contributed by atoms with Gasteiger partial charge in [-0.2, -0.15) is 0 Å². The molecule has 2 aliphatic rings. The summed E-state index contributed by atoms with van der Waals surface area (Å²) >= 11 is 0. The Labute approximate surface area is 122 Å². The van der Waals surface area contributed by atoms with Gasteiger partial charge >= 0.3 is 0 Å². The van der Waals surface area contributed by atoms with E-state index in [1.807, 2.05) is 12.4 Å². The van der Waals surface area contributed by atoms with E-state index in [1.54, 1.807) is 0 Å². The molecule has 1 N–H and O–H groups in total. The lowest BCUT2D eigenvalue weighted by Gasteiger charge is -2.34. The molecule has 1 aromatic rings. The lowest BCUT2D eigenvalue weighted by atomic mass is 9.88. The van der Waals surface area contributed by atoms with Gasteiger partial charge in [0.05, 0.1) is 6.54 Å². The van der Waals surface area contributed by atoms with Gasteiger partial charge in [-0.15, -0.1) is 12.4 Å². The average molecular weight is 285 g/mol. The lowest BCUT2D eigenvalue weighted by molar-refractivity contribution is 0.153. The maximum Gasteiger partial charge on any atom is 0.122 e. The molecule has 1 aromatic heterocycles. The molecule has 2 aliphatic heterocycles. The van der Waals surface area contributed by atoms with Gasteiger partial charge in [0.25, 0.3) is 0 Å². The minimum Gasteiger partial charge on any atom is -0.337 e. The topological polar surface area (TPSA) is 33.1 Å². The van der Waals surface area contributed by atoms with Gasteiger partial charge in [-0.3, -0.25) is 4.90 Å². The molecule has 108 valence electrons. The number of halogens is 1. The molecule has 1 atom stereocenters. The Morgan fingerprint density at radius 1 is 1.32 bits per heavy atom. The first kappa shape index (κ1) is 14.8. The third-order valence-electron chi connectivity index (χ3n) is 4.59. The summed E-state index contributed by atoms with van der Waals surface area (Å²) in [6.07, 6.45) is 9.39. The Morgan fingerprint density at radius 2 is 2.11 bits per heavy atom. The van der Waals surface area contributed by atoms with Gasteiger partial charge in [0.2, 0.25) is 0 Å². The van der Waals surface area contributed by atoms with E-state index in [-0.39, 0.29) is 12.4 Å². The van der Waals surface area contributed by atoms with Crippen molar-refractivity contribution in [1.29, 1.82) is 0 Å². The summed E-state index contributed by atoms with van der Waals surface area (Å²) in [5.74, 6) is 2.09. The summed E-state index contributed by atoms with van der Waals surface area (Å²) in [7, 11) is 2.08. The van der Waals surface area contributed by atoms with E-state index in [0.29, 0.717) is 0 Å². The molecule has 1 unspecified atom stereocenters. The number of imidazole rings is 1. The third-order valence-corrected chi connectivity index (χ3v) is 4.59. The number of piperidine rings is 1. The predicted molar refractivity (Wildman–Crippen MR) is 79.5 cm³/mol. The summed E-state index contributed by atoms with van der Waals surface area (Å²) in [6.45, 7) is 4.71. The fourth-order valence-corrected chi connectivity index (χ4v) is 3.38. The van der Waals surface area contributed by atoms with E-state index in [4.69, 9.17) is 0 Å². The maximum atomic E-state index is 4.42. The highest BCUT2D eigenvalue weighted by Crippen LogP contribution is 2.26. The molecule has 4 nitrogen and oxygen atoms in total. The molecule has 3 heterocycles. The zero-order valence-electron chi connectivity index (χ0n) is 11.7. The molecule has 0 aliphatic carbocycles. The van der Waals surface area contributed by atoms with Crippen LogP contribution in [0.15, 0.2) is 12.4 Å². The number of aryl methyl sites for hydroxylation is 1. The smallest absolute Gasteiger partial charge is 0.122 e. The highest BCUT2D eigenvalue weighted by Gasteiger charge is 2.28. The number of nitrogens with zero attached hydrogens (tertiary/aromatic N) is 3. The van der Waals surface area contributed by atoms with Crippen LogP contribution in [-0.2, 0) is 13.6 Å². The molecule has 2 saturated heterocycles. The summed E-state index contributed by atoms with van der Waals surface area (Å²) in [4.78, 5) is 6.96. The summed E-state index contributed by atoms with van der Waals surface area (Å²) in [5, 5.41) is 3.66. The first-order valence-electron chi connectivity index (χ1n) is 7.25. The van der Waals surface area contributed by atoms with Gasteiger partial charge in [0.1, 0.15) is 5.82 Å². The van der Waals surface area contributed by atoms with Crippen molar-refractivity contribution in [1.82, 2.24) is 19.8 Å². The molecule has 19 heavy (non-hydrogen) atoms. The van der Waals surface area contributed by atoms with Crippen molar-refractivity contribution in [3.8, 4) is 0 Å². The van der Waals surface area contributed by atoms with Gasteiger partial charge in [-0.05, 0) is 51.2 Å². The van der Waals surface area contributed by atoms with Crippen LogP contribution in [0.5, 0.6) is 0 Å². The van der Waals surface area contributed by atoms with Crippen molar-refractivity contribution < 1.29 is 0 Å². The normalized spacial score (nSPS) is 25.4. The molecular formula is C14H25ClN4. The number of hydrogen-bond acceptors (Lipinski definition) is 3. The molecule has 0 saturated carbocycles. The Kier molecular flexibility index (Phi) is 5.25. The average Bonchev–Trinajstić information content (AvgIpc) is 3.03. The van der Waals surface area contributed by atoms with Gasteiger partial charge in [-0.1, -0.05) is 0 Å². The zero-order chi connectivity index (χ0) is 12.4. The van der Waals surface area contributed by atoms with Crippen LogP contribution in [0.3, 0.4) is 0 Å². The highest BCUT2D eigenvalue weighted by molar-refractivity contribution is 5.85. The molecule has 2 fully saturated rings. The molecule has 0 radical (unpaired) electrons. The van der Waals surface area contributed by atoms with Crippen LogP contribution in [0, 0.1) is 5.92 Å². The standard InChI is InChI=1S/C14H24N4.ClH/c1-17-10-7-16-14(17)11-18-8-4-12(5-9-18)13-3-2-6-15-13;/h7,10,12-13,15H,2-6,8-9,11H2,1H3;1H. The van der Waals surface area contributed by atoms with Crippen LogP contribution >= 0.6 is 12.4 Å². The van der Waals surface area contributed by atoms with Gasteiger partial charge in [0.15, 0.2) is 0 Å². The number of hydrogen-bond donors (Lipinski definition) is 1. The van der Waals surface area contributed by atoms with Crippen LogP contribution in [0.4, 0.5) is 0 Å². The van der Waals surface area contributed by atoms with Crippen LogP contribution in [-0.4, -0.2) is 40.1 Å². The van der Waals surface area contributed by atoms with Crippen molar-refractivity contribution in [2.75, 3.05) is 19.6 Å². The van der Waals surface area contributed by atoms with Crippen molar-refractivity contribution in [2.24, 2.45) is 13.0 Å². The van der Waals surface area contributed by atoms with Gasteiger partial charge in [0, 0.05) is 25.5 Å². The third kappa shape index (κ3) is 3.50. The number of likely N-dealkylation sites (tertiary alicyclic amines) is 1. The second-order valence-electron chi connectivity index (χ2n) is 5.77. The molecule has 5 heteroatoms. The first-order chi connectivity index (χ1) is 8.83. The highest BCUT2D eigenvalue weighted by atomic mass is 35.5. The maximum absolute atomic E-state index is 4.42. The Hall–Kier alpha value is -0.580. The van der Waals surface area contributed by atoms with Crippen molar-refractivity contribution >= 4 is 12.4 Å². The van der Waals surface area contributed by atoms with Crippen LogP contribution < -0.4 is 5.32 Å². The molecule has 0 bridgehead atoms. The first-order valence-corrected chi connectivity index (χ1v) is 7.25. The molecule has 0 spiro atoms. The van der Waals surface area contributed by atoms with Crippen molar-refractivity contribution in [3.63, 3.8) is 0 Å². The number of aromatic nitrogens is 2. The van der Waals surface area contributed by atoms with E-state index in [0.717, 1.165) is 18.5 Å². The van der Waals surface area contributed by atoms with Gasteiger partial charge < -0.3 is 9.88 Å². The van der Waals surface area contributed by atoms with E-state index in [1.165, 1.54) is 51.1 Å². The van der Waals surface area contributed by atoms with Crippen LogP contribution in [0.1, 0.15) is 31.5 Å². The predicted octanol–water partition coefficient (Wildman–Crippen LogP) is 1.81. The Morgan fingerprint density at radius 3 is 2.68 bits per heavy atom.